The summed E-state index contributed by atoms with van der Waals surface area (Å²) in [5.41, 5.74) is 0.855. The van der Waals surface area contributed by atoms with Gasteiger partial charge in [-0.1, -0.05) is 23.5 Å². The van der Waals surface area contributed by atoms with Crippen molar-refractivity contribution in [3.63, 3.8) is 0 Å². The van der Waals surface area contributed by atoms with Gasteiger partial charge in [-0.3, -0.25) is 0 Å². The molecule has 0 unspecified atom stereocenters. The first-order chi connectivity index (χ1) is 13.4. The Kier molecular flexibility index (Phi) is 6.21. The first kappa shape index (κ1) is 20.2. The second kappa shape index (κ2) is 8.63. The lowest BCUT2D eigenvalue weighted by Crippen LogP contribution is -2.03. The Balaban J connectivity index is 1.64. The molecule has 0 N–H and O–H groups in total. The number of aryl methyl sites for hydroxylation is 1. The van der Waals surface area contributed by atoms with Gasteiger partial charge in [-0.05, 0) is 42.8 Å². The van der Waals surface area contributed by atoms with Crippen molar-refractivity contribution in [2.24, 2.45) is 0 Å². The van der Waals surface area contributed by atoms with Gasteiger partial charge in [0.1, 0.15) is 21.8 Å². The molecule has 0 bridgehead atoms. The molecule has 1 aromatic heterocycles. The van der Waals surface area contributed by atoms with Crippen molar-refractivity contribution in [2.45, 2.75) is 23.7 Å². The van der Waals surface area contributed by atoms with Crippen molar-refractivity contribution in [2.75, 3.05) is 6.61 Å². The summed E-state index contributed by atoms with van der Waals surface area (Å²) in [6.07, 6.45) is -4.35. The highest BCUT2D eigenvalue weighted by molar-refractivity contribution is 7.98. The fourth-order valence-electron chi connectivity index (χ4n) is 2.36. The van der Waals surface area contributed by atoms with Crippen molar-refractivity contribution in [1.82, 2.24) is 10.2 Å². The summed E-state index contributed by atoms with van der Waals surface area (Å²) in [6.45, 7) is 1.91. The smallest absolute Gasteiger partial charge is 0.416 e. The second-order valence-electron chi connectivity index (χ2n) is 5.74. The number of benzene rings is 2. The molecule has 4 nitrogen and oxygen atoms in total. The first-order valence-electron chi connectivity index (χ1n) is 8.10. The minimum absolute atomic E-state index is 0.00480. The zero-order chi connectivity index (χ0) is 20.1. The van der Waals surface area contributed by atoms with Gasteiger partial charge in [0.05, 0.1) is 11.3 Å². The van der Waals surface area contributed by atoms with Crippen LogP contribution in [0.1, 0.15) is 16.1 Å². The van der Waals surface area contributed by atoms with E-state index in [-0.39, 0.29) is 6.61 Å². The zero-order valence-corrected chi connectivity index (χ0v) is 16.3. The summed E-state index contributed by atoms with van der Waals surface area (Å²) in [5, 5.41) is 18.1. The molecule has 1 heterocycles. The van der Waals surface area contributed by atoms with Crippen molar-refractivity contribution >= 4 is 23.1 Å². The van der Waals surface area contributed by atoms with Crippen LogP contribution in [-0.4, -0.2) is 16.8 Å². The quantitative estimate of drug-likeness (QED) is 0.476. The van der Waals surface area contributed by atoms with E-state index in [1.165, 1.54) is 23.5 Å². The minimum atomic E-state index is -4.35. The van der Waals surface area contributed by atoms with Crippen LogP contribution < -0.4 is 4.74 Å². The number of alkyl halides is 3. The van der Waals surface area contributed by atoms with Crippen LogP contribution in [0.15, 0.2) is 47.4 Å². The average Bonchev–Trinajstić information content (AvgIpc) is 3.14. The molecular formula is C19H14F3N3OS2. The van der Waals surface area contributed by atoms with E-state index in [4.69, 9.17) is 10.00 Å². The van der Waals surface area contributed by atoms with Gasteiger partial charge < -0.3 is 4.74 Å². The number of aromatic nitrogens is 2. The maximum atomic E-state index is 12.7. The number of hydrogen-bond donors (Lipinski definition) is 0. The third-order valence-corrected chi connectivity index (χ3v) is 5.89. The lowest BCUT2D eigenvalue weighted by atomic mass is 10.1. The van der Waals surface area contributed by atoms with E-state index in [1.807, 2.05) is 31.2 Å². The molecule has 3 aromatic rings. The molecular weight excluding hydrogens is 407 g/mol. The molecule has 0 atom stereocenters. The van der Waals surface area contributed by atoms with E-state index in [0.29, 0.717) is 22.1 Å². The van der Waals surface area contributed by atoms with Crippen molar-refractivity contribution in [3.8, 4) is 22.4 Å². The van der Waals surface area contributed by atoms with E-state index in [2.05, 4.69) is 10.2 Å². The molecule has 0 aliphatic rings. The molecule has 0 aliphatic carbocycles. The number of nitriles is 1. The SMILES string of the molecule is Cc1cc(SCc2nnc(-c3ccc(C(F)(F)F)cc3)s2)ccc1OCC#N. The summed E-state index contributed by atoms with van der Waals surface area (Å²) in [6, 6.07) is 12.5. The topological polar surface area (TPSA) is 58.8 Å². The maximum Gasteiger partial charge on any atom is 0.416 e. The number of thioether (sulfide) groups is 1. The highest BCUT2D eigenvalue weighted by Crippen LogP contribution is 2.33. The standard InChI is InChI=1S/C19H14F3N3OS2/c1-12-10-15(6-7-16(12)26-9-8-23)27-11-17-24-25-18(28-17)13-2-4-14(5-3-13)19(20,21)22/h2-7,10H,9,11H2,1H3. The average molecular weight is 421 g/mol. The molecule has 0 radical (unpaired) electrons. The summed E-state index contributed by atoms with van der Waals surface area (Å²) >= 11 is 2.93. The molecule has 2 aromatic carbocycles. The van der Waals surface area contributed by atoms with E-state index in [0.717, 1.165) is 27.6 Å². The maximum absolute atomic E-state index is 12.7. The van der Waals surface area contributed by atoms with E-state index in [1.54, 1.807) is 11.8 Å². The Morgan fingerprint density at radius 3 is 2.54 bits per heavy atom. The summed E-state index contributed by atoms with van der Waals surface area (Å²) in [5.74, 6) is 1.27. The van der Waals surface area contributed by atoms with E-state index in [9.17, 15) is 13.2 Å². The molecule has 0 saturated heterocycles. The highest BCUT2D eigenvalue weighted by atomic mass is 32.2. The molecule has 0 fully saturated rings. The Labute approximate surface area is 168 Å². The first-order valence-corrected chi connectivity index (χ1v) is 9.90. The molecule has 0 amide bonds. The third kappa shape index (κ3) is 5.03. The van der Waals surface area contributed by atoms with Crippen molar-refractivity contribution < 1.29 is 17.9 Å². The Hall–Kier alpha value is -2.57. The molecule has 144 valence electrons. The largest absolute Gasteiger partial charge is 0.478 e. The van der Waals surface area contributed by atoms with Crippen LogP contribution in [-0.2, 0) is 11.9 Å². The van der Waals surface area contributed by atoms with Gasteiger partial charge in [0.25, 0.3) is 0 Å². The summed E-state index contributed by atoms with van der Waals surface area (Å²) in [4.78, 5) is 1.02. The molecule has 28 heavy (non-hydrogen) atoms. The van der Waals surface area contributed by atoms with Gasteiger partial charge in [-0.2, -0.15) is 18.4 Å². The van der Waals surface area contributed by atoms with Gasteiger partial charge in [0, 0.05) is 10.5 Å². The number of halogens is 3. The van der Waals surface area contributed by atoms with Crippen LogP contribution >= 0.6 is 23.1 Å². The second-order valence-corrected chi connectivity index (χ2v) is 7.85. The van der Waals surface area contributed by atoms with Gasteiger partial charge >= 0.3 is 6.18 Å². The number of nitrogens with zero attached hydrogens (tertiary/aromatic N) is 3. The number of hydrogen-bond acceptors (Lipinski definition) is 6. The molecule has 9 heteroatoms. The molecule has 0 aliphatic heterocycles. The van der Waals surface area contributed by atoms with Crippen LogP contribution in [0.5, 0.6) is 5.75 Å². The normalized spacial score (nSPS) is 11.2. The van der Waals surface area contributed by atoms with E-state index >= 15 is 0 Å². The lowest BCUT2D eigenvalue weighted by molar-refractivity contribution is -0.137. The Morgan fingerprint density at radius 2 is 1.89 bits per heavy atom. The van der Waals surface area contributed by atoms with Gasteiger partial charge in [0.2, 0.25) is 0 Å². The highest BCUT2D eigenvalue weighted by Gasteiger charge is 2.30. The number of rotatable bonds is 6. The fraction of sp³-hybridized carbons (Fsp3) is 0.211. The van der Waals surface area contributed by atoms with Gasteiger partial charge in [0.15, 0.2) is 6.61 Å². The Morgan fingerprint density at radius 1 is 1.14 bits per heavy atom. The monoisotopic (exact) mass is 421 g/mol. The lowest BCUT2D eigenvalue weighted by Gasteiger charge is -2.07. The Bertz CT molecular complexity index is 995. The molecule has 0 spiro atoms. The van der Waals surface area contributed by atoms with Crippen LogP contribution in [0, 0.1) is 18.3 Å². The van der Waals surface area contributed by atoms with Gasteiger partial charge in [-0.15, -0.1) is 22.0 Å². The van der Waals surface area contributed by atoms with E-state index < -0.39 is 11.7 Å². The predicted molar refractivity (Wildman–Crippen MR) is 102 cm³/mol. The minimum Gasteiger partial charge on any atom is -0.478 e. The number of ether oxygens (including phenoxy) is 1. The van der Waals surface area contributed by atoms with Crippen LogP contribution in [0.25, 0.3) is 10.6 Å². The van der Waals surface area contributed by atoms with Crippen molar-refractivity contribution in [3.05, 3.63) is 58.6 Å². The fourth-order valence-corrected chi connectivity index (χ4v) is 4.18. The molecule has 3 rings (SSSR count). The summed E-state index contributed by atoms with van der Waals surface area (Å²) in [7, 11) is 0. The molecule has 0 saturated carbocycles. The summed E-state index contributed by atoms with van der Waals surface area (Å²) < 4.78 is 43.3. The zero-order valence-electron chi connectivity index (χ0n) is 14.7. The third-order valence-electron chi connectivity index (χ3n) is 3.73. The van der Waals surface area contributed by atoms with Crippen molar-refractivity contribution in [1.29, 1.82) is 5.26 Å². The van der Waals surface area contributed by atoms with Gasteiger partial charge in [-0.25, -0.2) is 0 Å². The predicted octanol–water partition coefficient (Wildman–Crippen LogP) is 5.73. The van der Waals surface area contributed by atoms with Crippen LogP contribution in [0.2, 0.25) is 0 Å². The van der Waals surface area contributed by atoms with Crippen LogP contribution in [0.3, 0.4) is 0 Å². The van der Waals surface area contributed by atoms with Crippen LogP contribution in [0.4, 0.5) is 13.2 Å².